The third-order valence-electron chi connectivity index (χ3n) is 4.20. The highest BCUT2D eigenvalue weighted by Gasteiger charge is 2.15. The lowest BCUT2D eigenvalue weighted by Crippen LogP contribution is -2.02. The predicted molar refractivity (Wildman–Crippen MR) is 103 cm³/mol. The van der Waals surface area contributed by atoms with Gasteiger partial charge in [0.1, 0.15) is 28.5 Å². The Bertz CT molecular complexity index is 1140. The van der Waals surface area contributed by atoms with Crippen LogP contribution in [0.15, 0.2) is 54.7 Å². The van der Waals surface area contributed by atoms with Crippen molar-refractivity contribution in [1.82, 2.24) is 19.7 Å². The summed E-state index contributed by atoms with van der Waals surface area (Å²) in [7, 11) is 1.64. The predicted octanol–water partition coefficient (Wildman–Crippen LogP) is 4.08. The fourth-order valence-corrected chi connectivity index (χ4v) is 2.97. The summed E-state index contributed by atoms with van der Waals surface area (Å²) in [6.07, 6.45) is 1.64. The summed E-state index contributed by atoms with van der Waals surface area (Å²) in [5, 5.41) is 14.5. The second-order valence-corrected chi connectivity index (χ2v) is 6.34. The molecule has 4 aromatic rings. The molecule has 0 bridgehead atoms. The first-order valence-corrected chi connectivity index (χ1v) is 8.58. The summed E-state index contributed by atoms with van der Waals surface area (Å²) in [4.78, 5) is 8.48. The lowest BCUT2D eigenvalue weighted by Gasteiger charge is -2.05. The van der Waals surface area contributed by atoms with Gasteiger partial charge in [-0.3, -0.25) is 4.68 Å². The molecule has 0 saturated carbocycles. The maximum atomic E-state index is 9.15. The zero-order chi connectivity index (χ0) is 18.8. The standard InChI is InChI=1S/C20H14ClN5O/c1-27-16-8-2-13(3-9-16)12-26-17-11-23-18(10-22)24-20(17)19(25-26)14-4-6-15(21)7-5-14/h2-9,11H,12H2,1H3. The maximum Gasteiger partial charge on any atom is 0.232 e. The molecule has 27 heavy (non-hydrogen) atoms. The number of hydrogen-bond donors (Lipinski definition) is 0. The van der Waals surface area contributed by atoms with Crippen molar-refractivity contribution < 1.29 is 4.74 Å². The van der Waals surface area contributed by atoms with Gasteiger partial charge in [-0.15, -0.1) is 0 Å². The summed E-state index contributed by atoms with van der Waals surface area (Å²) in [6.45, 7) is 0.545. The van der Waals surface area contributed by atoms with Crippen LogP contribution in [0.3, 0.4) is 0 Å². The molecule has 0 atom stereocenters. The molecule has 4 rings (SSSR count). The Balaban J connectivity index is 1.82. The highest BCUT2D eigenvalue weighted by atomic mass is 35.5. The van der Waals surface area contributed by atoms with E-state index in [1.165, 1.54) is 0 Å². The van der Waals surface area contributed by atoms with Crippen LogP contribution >= 0.6 is 11.6 Å². The van der Waals surface area contributed by atoms with E-state index in [0.717, 1.165) is 22.4 Å². The molecule has 0 fully saturated rings. The average molecular weight is 376 g/mol. The number of methoxy groups -OCH3 is 1. The molecular formula is C20H14ClN5O. The first kappa shape index (κ1) is 17.0. The van der Waals surface area contributed by atoms with Crippen molar-refractivity contribution in [2.45, 2.75) is 6.54 Å². The number of ether oxygens (including phenoxy) is 1. The van der Waals surface area contributed by atoms with Crippen molar-refractivity contribution in [3.8, 4) is 23.1 Å². The summed E-state index contributed by atoms with van der Waals surface area (Å²) < 4.78 is 7.04. The topological polar surface area (TPSA) is 76.6 Å². The van der Waals surface area contributed by atoms with Crippen molar-refractivity contribution in [3.63, 3.8) is 0 Å². The second kappa shape index (κ2) is 7.06. The van der Waals surface area contributed by atoms with E-state index in [1.807, 2.05) is 47.1 Å². The van der Waals surface area contributed by atoms with Gasteiger partial charge in [0.2, 0.25) is 5.82 Å². The van der Waals surface area contributed by atoms with Gasteiger partial charge in [-0.05, 0) is 29.8 Å². The lowest BCUT2D eigenvalue weighted by atomic mass is 10.1. The molecule has 132 valence electrons. The van der Waals surface area contributed by atoms with Gasteiger partial charge in [-0.1, -0.05) is 35.9 Å². The normalized spacial score (nSPS) is 10.7. The van der Waals surface area contributed by atoms with Gasteiger partial charge in [0.05, 0.1) is 19.9 Å². The molecule has 2 aromatic carbocycles. The van der Waals surface area contributed by atoms with Crippen molar-refractivity contribution in [2.75, 3.05) is 7.11 Å². The van der Waals surface area contributed by atoms with Crippen LogP contribution in [-0.2, 0) is 6.54 Å². The highest BCUT2D eigenvalue weighted by Crippen LogP contribution is 2.28. The highest BCUT2D eigenvalue weighted by molar-refractivity contribution is 6.30. The van der Waals surface area contributed by atoms with Crippen LogP contribution in [0.1, 0.15) is 11.4 Å². The van der Waals surface area contributed by atoms with Crippen molar-refractivity contribution in [3.05, 3.63) is 71.1 Å². The van der Waals surface area contributed by atoms with Crippen LogP contribution in [-0.4, -0.2) is 26.9 Å². The molecule has 0 saturated heterocycles. The van der Waals surface area contributed by atoms with E-state index in [0.29, 0.717) is 22.8 Å². The van der Waals surface area contributed by atoms with Crippen LogP contribution in [0.2, 0.25) is 5.02 Å². The number of nitriles is 1. The van der Waals surface area contributed by atoms with Gasteiger partial charge in [-0.2, -0.15) is 10.4 Å². The molecule has 0 aliphatic heterocycles. The first-order valence-electron chi connectivity index (χ1n) is 8.20. The van der Waals surface area contributed by atoms with E-state index in [2.05, 4.69) is 9.97 Å². The second-order valence-electron chi connectivity index (χ2n) is 5.90. The van der Waals surface area contributed by atoms with Gasteiger partial charge in [0, 0.05) is 10.6 Å². The van der Waals surface area contributed by atoms with Crippen LogP contribution in [0.25, 0.3) is 22.3 Å². The molecule has 0 amide bonds. The Morgan fingerprint density at radius 1 is 1.11 bits per heavy atom. The van der Waals surface area contributed by atoms with Crippen LogP contribution in [0.5, 0.6) is 5.75 Å². The summed E-state index contributed by atoms with van der Waals surface area (Å²) in [6, 6.07) is 17.1. The molecule has 0 unspecified atom stereocenters. The molecule has 0 radical (unpaired) electrons. The molecule has 7 heteroatoms. The number of fused-ring (bicyclic) bond motifs is 1. The summed E-state index contributed by atoms with van der Waals surface area (Å²) in [5.41, 5.74) is 4.02. The Labute approximate surface area is 160 Å². The molecule has 0 N–H and O–H groups in total. The molecule has 2 heterocycles. The van der Waals surface area contributed by atoms with E-state index in [9.17, 15) is 0 Å². The van der Waals surface area contributed by atoms with E-state index in [-0.39, 0.29) is 5.82 Å². The van der Waals surface area contributed by atoms with Crippen LogP contribution in [0.4, 0.5) is 0 Å². The Kier molecular flexibility index (Phi) is 4.45. The van der Waals surface area contributed by atoms with Gasteiger partial charge in [0.25, 0.3) is 0 Å². The number of halogens is 1. The zero-order valence-corrected chi connectivity index (χ0v) is 15.2. The molecule has 0 spiro atoms. The van der Waals surface area contributed by atoms with Crippen molar-refractivity contribution in [1.29, 1.82) is 5.26 Å². The SMILES string of the molecule is COc1ccc(Cn2nc(-c3ccc(Cl)cc3)c3nc(C#N)ncc32)cc1. The van der Waals surface area contributed by atoms with E-state index in [1.54, 1.807) is 25.4 Å². The Morgan fingerprint density at radius 3 is 2.52 bits per heavy atom. The van der Waals surface area contributed by atoms with Gasteiger partial charge >= 0.3 is 0 Å². The average Bonchev–Trinajstić information content (AvgIpc) is 3.06. The van der Waals surface area contributed by atoms with Crippen molar-refractivity contribution in [2.24, 2.45) is 0 Å². The quantitative estimate of drug-likeness (QED) is 0.537. The molecular weight excluding hydrogens is 362 g/mol. The third-order valence-corrected chi connectivity index (χ3v) is 4.45. The molecule has 0 aliphatic carbocycles. The third kappa shape index (κ3) is 3.33. The first-order chi connectivity index (χ1) is 13.2. The number of aromatic nitrogens is 4. The number of benzene rings is 2. The minimum atomic E-state index is 0.113. The van der Waals surface area contributed by atoms with Crippen molar-refractivity contribution >= 4 is 22.6 Å². The number of hydrogen-bond acceptors (Lipinski definition) is 5. The Hall–Kier alpha value is -3.43. The number of nitrogens with zero attached hydrogens (tertiary/aromatic N) is 5. The van der Waals surface area contributed by atoms with Gasteiger partial charge in [-0.25, -0.2) is 9.97 Å². The number of rotatable bonds is 4. The summed E-state index contributed by atoms with van der Waals surface area (Å²) >= 11 is 6.00. The smallest absolute Gasteiger partial charge is 0.232 e. The van der Waals surface area contributed by atoms with E-state index < -0.39 is 0 Å². The lowest BCUT2D eigenvalue weighted by molar-refractivity contribution is 0.414. The fourth-order valence-electron chi connectivity index (χ4n) is 2.84. The minimum Gasteiger partial charge on any atom is -0.497 e. The largest absolute Gasteiger partial charge is 0.497 e. The minimum absolute atomic E-state index is 0.113. The monoisotopic (exact) mass is 375 g/mol. The fraction of sp³-hybridized carbons (Fsp3) is 0.100. The maximum absolute atomic E-state index is 9.15. The van der Waals surface area contributed by atoms with Crippen LogP contribution < -0.4 is 4.74 Å². The van der Waals surface area contributed by atoms with E-state index >= 15 is 0 Å². The van der Waals surface area contributed by atoms with Gasteiger partial charge in [0.15, 0.2) is 0 Å². The molecule has 6 nitrogen and oxygen atoms in total. The molecule has 0 aliphatic rings. The summed E-state index contributed by atoms with van der Waals surface area (Å²) in [5.74, 6) is 0.912. The van der Waals surface area contributed by atoms with Gasteiger partial charge < -0.3 is 4.74 Å². The Morgan fingerprint density at radius 2 is 1.85 bits per heavy atom. The molecule has 2 aromatic heterocycles. The zero-order valence-electron chi connectivity index (χ0n) is 14.4. The van der Waals surface area contributed by atoms with Crippen LogP contribution in [0, 0.1) is 11.3 Å². The van der Waals surface area contributed by atoms with E-state index in [4.69, 9.17) is 26.7 Å².